The van der Waals surface area contributed by atoms with E-state index in [1.807, 2.05) is 13.1 Å². The van der Waals surface area contributed by atoms with E-state index < -0.39 is 0 Å². The third kappa shape index (κ3) is 3.96. The quantitative estimate of drug-likeness (QED) is 0.843. The fourth-order valence-corrected chi connectivity index (χ4v) is 3.60. The number of nitrogens with zero attached hydrogens (tertiary/aromatic N) is 1. The van der Waals surface area contributed by atoms with E-state index >= 15 is 0 Å². The van der Waals surface area contributed by atoms with Crippen molar-refractivity contribution in [1.82, 2.24) is 10.3 Å². The number of hydrogen-bond donors (Lipinski definition) is 2. The second-order valence-corrected chi connectivity index (χ2v) is 6.66. The Morgan fingerprint density at radius 1 is 1.38 bits per heavy atom. The van der Waals surface area contributed by atoms with Gasteiger partial charge in [0, 0.05) is 31.7 Å². The molecule has 0 spiro atoms. The summed E-state index contributed by atoms with van der Waals surface area (Å²) < 4.78 is 0. The van der Waals surface area contributed by atoms with Gasteiger partial charge < -0.3 is 10.6 Å². The second kappa shape index (κ2) is 6.92. The van der Waals surface area contributed by atoms with E-state index in [9.17, 15) is 4.79 Å². The van der Waals surface area contributed by atoms with Gasteiger partial charge in [-0.15, -0.1) is 0 Å². The van der Waals surface area contributed by atoms with Gasteiger partial charge in [0.25, 0.3) is 5.91 Å². The first-order valence-electron chi connectivity index (χ1n) is 7.96. The Kier molecular flexibility index (Phi) is 5.21. The number of carbonyl (C=O) groups is 1. The minimum atomic E-state index is -0.0255. The van der Waals surface area contributed by atoms with Gasteiger partial charge in [-0.05, 0) is 36.7 Å². The zero-order valence-corrected chi connectivity index (χ0v) is 13.4. The molecule has 0 radical (unpaired) electrons. The molecule has 2 N–H and O–H groups in total. The van der Waals surface area contributed by atoms with E-state index in [0.29, 0.717) is 16.9 Å². The third-order valence-corrected chi connectivity index (χ3v) is 4.46. The van der Waals surface area contributed by atoms with Crippen molar-refractivity contribution < 1.29 is 4.79 Å². The first kappa shape index (κ1) is 15.8. The molecule has 0 bridgehead atoms. The summed E-state index contributed by atoms with van der Waals surface area (Å²) in [7, 11) is 1.82. The monoisotopic (exact) mass is 289 g/mol. The van der Waals surface area contributed by atoms with Gasteiger partial charge in [0.2, 0.25) is 0 Å². The van der Waals surface area contributed by atoms with Crippen LogP contribution in [0.1, 0.15) is 56.3 Å². The topological polar surface area (TPSA) is 54.0 Å². The highest BCUT2D eigenvalue weighted by Crippen LogP contribution is 2.42. The summed E-state index contributed by atoms with van der Waals surface area (Å²) in [6.07, 6.45) is 9.56. The first-order chi connectivity index (χ1) is 10.1. The number of nitrogens with one attached hydrogen (secondary N) is 2. The SMILES string of the molecule is CNc1ccncc1C(=O)NCC1(CC(C)C)CCCC1. The van der Waals surface area contributed by atoms with Crippen LogP contribution in [0, 0.1) is 11.3 Å². The fourth-order valence-electron chi connectivity index (χ4n) is 3.60. The van der Waals surface area contributed by atoms with Crippen molar-refractivity contribution in [2.24, 2.45) is 11.3 Å². The molecule has 0 aliphatic heterocycles. The summed E-state index contributed by atoms with van der Waals surface area (Å²) in [5.41, 5.74) is 1.75. The number of aromatic nitrogens is 1. The molecule has 1 aliphatic carbocycles. The molecule has 116 valence electrons. The van der Waals surface area contributed by atoms with Crippen LogP contribution in [0.15, 0.2) is 18.5 Å². The van der Waals surface area contributed by atoms with Crippen LogP contribution in [0.25, 0.3) is 0 Å². The van der Waals surface area contributed by atoms with Crippen molar-refractivity contribution in [3.8, 4) is 0 Å². The minimum Gasteiger partial charge on any atom is -0.387 e. The van der Waals surface area contributed by atoms with Crippen LogP contribution < -0.4 is 10.6 Å². The summed E-state index contributed by atoms with van der Waals surface area (Å²) >= 11 is 0. The average molecular weight is 289 g/mol. The molecule has 4 nitrogen and oxygen atoms in total. The molecule has 2 rings (SSSR count). The lowest BCUT2D eigenvalue weighted by Gasteiger charge is -2.31. The average Bonchev–Trinajstić information content (AvgIpc) is 2.92. The van der Waals surface area contributed by atoms with Gasteiger partial charge in [-0.25, -0.2) is 0 Å². The van der Waals surface area contributed by atoms with Gasteiger partial charge in [0.05, 0.1) is 5.56 Å². The Morgan fingerprint density at radius 2 is 2.10 bits per heavy atom. The maximum absolute atomic E-state index is 12.4. The predicted molar refractivity (Wildman–Crippen MR) is 86.5 cm³/mol. The van der Waals surface area contributed by atoms with Gasteiger partial charge in [0.1, 0.15) is 0 Å². The molecule has 0 unspecified atom stereocenters. The molecule has 0 saturated heterocycles. The molecule has 0 aromatic carbocycles. The molecule has 4 heteroatoms. The molecule has 1 aliphatic rings. The number of hydrogen-bond acceptors (Lipinski definition) is 3. The molecule has 1 fully saturated rings. The Labute approximate surface area is 127 Å². The number of amides is 1. The maximum Gasteiger partial charge on any atom is 0.254 e. The molecule has 1 saturated carbocycles. The molecule has 1 heterocycles. The van der Waals surface area contributed by atoms with Gasteiger partial charge in [-0.2, -0.15) is 0 Å². The highest BCUT2D eigenvalue weighted by atomic mass is 16.1. The molecule has 1 amide bonds. The summed E-state index contributed by atoms with van der Waals surface area (Å²) in [6, 6.07) is 1.83. The van der Waals surface area contributed by atoms with Crippen LogP contribution in [0.3, 0.4) is 0 Å². The lowest BCUT2D eigenvalue weighted by atomic mass is 9.78. The third-order valence-electron chi connectivity index (χ3n) is 4.46. The van der Waals surface area contributed by atoms with Gasteiger partial charge >= 0.3 is 0 Å². The Balaban J connectivity index is 2.02. The van der Waals surface area contributed by atoms with Crippen molar-refractivity contribution in [3.63, 3.8) is 0 Å². The van der Waals surface area contributed by atoms with E-state index in [-0.39, 0.29) is 5.91 Å². The van der Waals surface area contributed by atoms with Crippen LogP contribution in [0.2, 0.25) is 0 Å². The number of pyridine rings is 1. The smallest absolute Gasteiger partial charge is 0.254 e. The van der Waals surface area contributed by atoms with Gasteiger partial charge in [-0.3, -0.25) is 9.78 Å². The van der Waals surface area contributed by atoms with Crippen molar-refractivity contribution in [1.29, 1.82) is 0 Å². The summed E-state index contributed by atoms with van der Waals surface area (Å²) in [6.45, 7) is 5.31. The maximum atomic E-state index is 12.4. The zero-order valence-electron chi connectivity index (χ0n) is 13.4. The summed E-state index contributed by atoms with van der Waals surface area (Å²) in [4.78, 5) is 16.5. The Bertz CT molecular complexity index is 479. The second-order valence-electron chi connectivity index (χ2n) is 6.66. The van der Waals surface area contributed by atoms with Crippen molar-refractivity contribution in [2.45, 2.75) is 46.0 Å². The van der Waals surface area contributed by atoms with E-state index in [2.05, 4.69) is 29.5 Å². The van der Waals surface area contributed by atoms with E-state index in [0.717, 1.165) is 12.2 Å². The van der Waals surface area contributed by atoms with Crippen molar-refractivity contribution >= 4 is 11.6 Å². The number of anilines is 1. The van der Waals surface area contributed by atoms with E-state index in [1.54, 1.807) is 12.4 Å². The van der Waals surface area contributed by atoms with Crippen LogP contribution in [-0.2, 0) is 0 Å². The zero-order chi connectivity index (χ0) is 15.3. The van der Waals surface area contributed by atoms with Gasteiger partial charge in [0.15, 0.2) is 0 Å². The number of carbonyl (C=O) groups excluding carboxylic acids is 1. The van der Waals surface area contributed by atoms with Gasteiger partial charge in [-0.1, -0.05) is 26.7 Å². The Hall–Kier alpha value is -1.58. The normalized spacial score (nSPS) is 17.0. The van der Waals surface area contributed by atoms with E-state index in [1.165, 1.54) is 32.1 Å². The fraction of sp³-hybridized carbons (Fsp3) is 0.647. The molecular weight excluding hydrogens is 262 g/mol. The predicted octanol–water partition coefficient (Wildman–Crippen LogP) is 3.46. The lowest BCUT2D eigenvalue weighted by Crippen LogP contribution is -2.37. The highest BCUT2D eigenvalue weighted by molar-refractivity contribution is 5.99. The minimum absolute atomic E-state index is 0.0255. The Morgan fingerprint density at radius 3 is 2.71 bits per heavy atom. The largest absolute Gasteiger partial charge is 0.387 e. The number of rotatable bonds is 6. The van der Waals surface area contributed by atoms with Crippen LogP contribution in [0.4, 0.5) is 5.69 Å². The molecular formula is C17H27N3O. The van der Waals surface area contributed by atoms with E-state index in [4.69, 9.17) is 0 Å². The standard InChI is InChI=1S/C17H27N3O/c1-13(2)10-17(7-4-5-8-17)12-20-16(21)14-11-19-9-6-15(14)18-3/h6,9,11,13H,4-5,7-8,10,12H2,1-3H3,(H,18,19)(H,20,21). The first-order valence-corrected chi connectivity index (χ1v) is 7.96. The lowest BCUT2D eigenvalue weighted by molar-refractivity contribution is 0.0922. The molecule has 21 heavy (non-hydrogen) atoms. The van der Waals surface area contributed by atoms with Crippen molar-refractivity contribution in [2.75, 3.05) is 18.9 Å². The summed E-state index contributed by atoms with van der Waals surface area (Å²) in [5.74, 6) is 0.647. The molecule has 1 aromatic heterocycles. The molecule has 0 atom stereocenters. The van der Waals surface area contributed by atoms with Crippen LogP contribution in [-0.4, -0.2) is 24.5 Å². The summed E-state index contributed by atoms with van der Waals surface area (Å²) in [5, 5.41) is 6.19. The highest BCUT2D eigenvalue weighted by Gasteiger charge is 2.34. The van der Waals surface area contributed by atoms with Crippen LogP contribution in [0.5, 0.6) is 0 Å². The van der Waals surface area contributed by atoms with Crippen molar-refractivity contribution in [3.05, 3.63) is 24.0 Å². The molecule has 1 aromatic rings. The van der Waals surface area contributed by atoms with Crippen LogP contribution >= 0.6 is 0 Å².